The van der Waals surface area contributed by atoms with Gasteiger partial charge in [0.05, 0.1) is 18.3 Å². The van der Waals surface area contributed by atoms with Gasteiger partial charge in [-0.25, -0.2) is 0 Å². The van der Waals surface area contributed by atoms with Crippen molar-refractivity contribution in [2.75, 3.05) is 6.61 Å². The molecule has 0 aliphatic heterocycles. The van der Waals surface area contributed by atoms with Crippen molar-refractivity contribution >= 4 is 23.5 Å². The van der Waals surface area contributed by atoms with Gasteiger partial charge in [0.25, 0.3) is 0 Å². The number of aliphatic hydroxyl groups is 1. The van der Waals surface area contributed by atoms with Crippen LogP contribution in [-0.4, -0.2) is 41.3 Å². The second-order valence-corrected chi connectivity index (χ2v) is 10.1. The van der Waals surface area contributed by atoms with Crippen LogP contribution in [0.1, 0.15) is 67.2 Å². The second-order valence-electron chi connectivity index (χ2n) is 10.1. The molecule has 1 saturated carbocycles. The summed E-state index contributed by atoms with van der Waals surface area (Å²) in [6, 6.07) is 0. The molecule has 1 fully saturated rings. The molecule has 0 aromatic rings. The lowest BCUT2D eigenvalue weighted by Crippen LogP contribution is -2.53. The average Bonchev–Trinajstić information content (AvgIpc) is 2.64. The van der Waals surface area contributed by atoms with Crippen LogP contribution in [0.25, 0.3) is 0 Å². The van der Waals surface area contributed by atoms with Gasteiger partial charge >= 0.3 is 11.9 Å². The largest absolute Gasteiger partial charge is 0.465 e. The van der Waals surface area contributed by atoms with Crippen molar-refractivity contribution in [1.29, 1.82) is 0 Å². The Labute approximate surface area is 182 Å². The fourth-order valence-corrected chi connectivity index (χ4v) is 5.96. The van der Waals surface area contributed by atoms with Crippen LogP contribution < -0.4 is 0 Å². The maximum absolute atomic E-state index is 13.7. The van der Waals surface area contributed by atoms with E-state index in [4.69, 9.17) is 9.47 Å². The Balaban J connectivity index is 2.16. The average molecular weight is 433 g/mol. The molecule has 0 bridgehead atoms. The Hall–Kier alpha value is -2.28. The fourth-order valence-electron chi connectivity index (χ4n) is 5.96. The van der Waals surface area contributed by atoms with Gasteiger partial charge in [-0.3, -0.25) is 19.2 Å². The van der Waals surface area contributed by atoms with Gasteiger partial charge in [-0.1, -0.05) is 34.1 Å². The van der Waals surface area contributed by atoms with E-state index in [0.717, 1.165) is 19.3 Å². The number of rotatable bonds is 4. The van der Waals surface area contributed by atoms with Gasteiger partial charge in [-0.2, -0.15) is 0 Å². The zero-order valence-electron chi connectivity index (χ0n) is 19.2. The summed E-state index contributed by atoms with van der Waals surface area (Å²) in [6.45, 7) is 10.2. The molecule has 7 nitrogen and oxygen atoms in total. The highest BCUT2D eigenvalue weighted by Gasteiger charge is 2.58. The monoisotopic (exact) mass is 432 g/mol. The molecule has 0 unspecified atom stereocenters. The van der Waals surface area contributed by atoms with Crippen molar-refractivity contribution in [2.45, 2.75) is 73.3 Å². The molecule has 0 aromatic heterocycles. The van der Waals surface area contributed by atoms with Crippen molar-refractivity contribution in [1.82, 2.24) is 0 Å². The highest BCUT2D eigenvalue weighted by atomic mass is 16.5. The van der Waals surface area contributed by atoms with E-state index in [1.165, 1.54) is 13.8 Å². The lowest BCUT2D eigenvalue weighted by atomic mass is 9.48. The Kier molecular flexibility index (Phi) is 6.04. The van der Waals surface area contributed by atoms with Gasteiger partial charge in [0.15, 0.2) is 11.5 Å². The van der Waals surface area contributed by atoms with E-state index in [1.54, 1.807) is 6.92 Å². The van der Waals surface area contributed by atoms with Crippen LogP contribution in [-0.2, 0) is 28.7 Å². The van der Waals surface area contributed by atoms with Crippen LogP contribution in [0.2, 0.25) is 0 Å². The van der Waals surface area contributed by atoms with Gasteiger partial charge in [-0.05, 0) is 30.6 Å². The quantitative estimate of drug-likeness (QED) is 0.537. The van der Waals surface area contributed by atoms with E-state index >= 15 is 0 Å². The van der Waals surface area contributed by atoms with Crippen LogP contribution in [0.4, 0.5) is 0 Å². The molecule has 0 amide bonds. The maximum Gasteiger partial charge on any atom is 0.308 e. The first-order chi connectivity index (χ1) is 14.3. The molecular weight excluding hydrogens is 400 g/mol. The Morgan fingerprint density at radius 2 is 1.74 bits per heavy atom. The minimum atomic E-state index is -1.07. The Morgan fingerprint density at radius 3 is 2.32 bits per heavy atom. The van der Waals surface area contributed by atoms with Gasteiger partial charge < -0.3 is 14.6 Å². The number of ketones is 2. The number of carbonyl (C=O) groups excluding carboxylic acids is 4. The SMILES string of the molecule is CC(=O)OC[C@@H](C)C1=C(OC(C)=O)C(=O)C2=C(C1=O)[C@H](O)C[C@H]1C(C)(C)CCC[C@]21C. The lowest BCUT2D eigenvalue weighted by molar-refractivity contribution is -0.143. The highest BCUT2D eigenvalue weighted by molar-refractivity contribution is 6.26. The number of allylic oxidation sites excluding steroid dienone is 1. The van der Waals surface area contributed by atoms with Gasteiger partial charge in [0.1, 0.15) is 0 Å². The molecule has 170 valence electrons. The first kappa shape index (κ1) is 23.4. The summed E-state index contributed by atoms with van der Waals surface area (Å²) in [5, 5.41) is 11.0. The topological polar surface area (TPSA) is 107 Å². The van der Waals surface area contributed by atoms with Crippen LogP contribution in [0.15, 0.2) is 22.5 Å². The van der Waals surface area contributed by atoms with Gasteiger partial charge in [-0.15, -0.1) is 0 Å². The number of ether oxygens (including phenoxy) is 2. The van der Waals surface area contributed by atoms with Gasteiger partial charge in [0.2, 0.25) is 5.78 Å². The number of hydrogen-bond acceptors (Lipinski definition) is 7. The van der Waals surface area contributed by atoms with Crippen molar-refractivity contribution in [3.05, 3.63) is 22.5 Å². The van der Waals surface area contributed by atoms with Crippen molar-refractivity contribution < 1.29 is 33.8 Å². The summed E-state index contributed by atoms with van der Waals surface area (Å²) < 4.78 is 10.3. The summed E-state index contributed by atoms with van der Waals surface area (Å²) in [7, 11) is 0. The third-order valence-electron chi connectivity index (χ3n) is 7.30. The molecule has 0 heterocycles. The number of esters is 2. The third-order valence-corrected chi connectivity index (χ3v) is 7.30. The van der Waals surface area contributed by atoms with E-state index in [1.807, 2.05) is 6.92 Å². The predicted molar refractivity (Wildman–Crippen MR) is 111 cm³/mol. The van der Waals surface area contributed by atoms with E-state index in [2.05, 4.69) is 13.8 Å². The van der Waals surface area contributed by atoms with E-state index in [0.29, 0.717) is 6.42 Å². The highest BCUT2D eigenvalue weighted by Crippen LogP contribution is 2.61. The molecule has 0 spiro atoms. The summed E-state index contributed by atoms with van der Waals surface area (Å²) in [5.74, 6) is -3.21. The van der Waals surface area contributed by atoms with Crippen LogP contribution in [0, 0.1) is 22.7 Å². The van der Waals surface area contributed by atoms with E-state index in [-0.39, 0.29) is 40.4 Å². The second kappa shape index (κ2) is 8.01. The van der Waals surface area contributed by atoms with Crippen LogP contribution >= 0.6 is 0 Å². The number of hydrogen-bond donors (Lipinski definition) is 1. The Bertz CT molecular complexity index is 907. The molecular formula is C24H32O7. The number of Topliss-reactive ketones (excluding diaryl/α,β-unsaturated/α-hetero) is 2. The summed E-state index contributed by atoms with van der Waals surface area (Å²) in [4.78, 5) is 50.4. The van der Waals surface area contributed by atoms with Crippen molar-refractivity contribution in [2.24, 2.45) is 22.7 Å². The molecule has 1 N–H and O–H groups in total. The smallest absolute Gasteiger partial charge is 0.308 e. The van der Waals surface area contributed by atoms with Crippen LogP contribution in [0.3, 0.4) is 0 Å². The molecule has 7 heteroatoms. The standard InChI is InChI=1S/C24H32O7/c1-12(11-30-13(2)25)17-20(28)18-15(27)10-16-23(4,5)8-7-9-24(16,6)19(18)21(29)22(17)31-14(3)26/h12,15-16,27H,7-11H2,1-6H3/t12-,15-,16+,24+/m1/s1. The van der Waals surface area contributed by atoms with E-state index in [9.17, 15) is 24.3 Å². The number of fused-ring (bicyclic) bond motifs is 2. The van der Waals surface area contributed by atoms with Crippen molar-refractivity contribution in [3.63, 3.8) is 0 Å². The minimum Gasteiger partial charge on any atom is -0.465 e. The van der Waals surface area contributed by atoms with Crippen LogP contribution in [0.5, 0.6) is 0 Å². The summed E-state index contributed by atoms with van der Waals surface area (Å²) >= 11 is 0. The Morgan fingerprint density at radius 1 is 1.10 bits per heavy atom. The maximum atomic E-state index is 13.7. The lowest BCUT2D eigenvalue weighted by Gasteiger charge is -2.56. The summed E-state index contributed by atoms with van der Waals surface area (Å²) in [5.41, 5.74) is -0.324. The van der Waals surface area contributed by atoms with Crippen molar-refractivity contribution in [3.8, 4) is 0 Å². The first-order valence-corrected chi connectivity index (χ1v) is 10.9. The summed E-state index contributed by atoms with van der Waals surface area (Å²) in [6.07, 6.45) is 1.92. The molecule has 0 saturated heterocycles. The van der Waals surface area contributed by atoms with E-state index < -0.39 is 40.9 Å². The third kappa shape index (κ3) is 3.88. The molecule has 3 rings (SSSR count). The molecule has 0 aromatic carbocycles. The molecule has 3 aliphatic rings. The number of aliphatic hydroxyl groups excluding tert-OH is 1. The first-order valence-electron chi connectivity index (χ1n) is 10.9. The number of carbonyl (C=O) groups is 4. The fraction of sp³-hybridized carbons (Fsp3) is 0.667. The minimum absolute atomic E-state index is 0.0119. The van der Waals surface area contributed by atoms with Gasteiger partial charge in [0, 0.05) is 36.3 Å². The molecule has 0 radical (unpaired) electrons. The molecule has 3 aliphatic carbocycles. The molecule has 4 atom stereocenters. The zero-order chi connectivity index (χ0) is 23.3. The molecule has 31 heavy (non-hydrogen) atoms. The zero-order valence-corrected chi connectivity index (χ0v) is 19.2. The normalized spacial score (nSPS) is 31.1. The predicted octanol–water partition coefficient (Wildman–Crippen LogP) is 3.05.